The Bertz CT molecular complexity index is 948. The molecule has 3 aromatic rings. The Morgan fingerprint density at radius 3 is 2.52 bits per heavy atom. The van der Waals surface area contributed by atoms with Crippen LogP contribution in [0.15, 0.2) is 42.7 Å². The summed E-state index contributed by atoms with van der Waals surface area (Å²) in [5, 5.41) is 5.37. The predicted molar refractivity (Wildman–Crippen MR) is 106 cm³/mol. The Kier molecular flexibility index (Phi) is 4.70. The van der Waals surface area contributed by atoms with Crippen LogP contribution in [0.5, 0.6) is 0 Å². The van der Waals surface area contributed by atoms with E-state index in [-0.39, 0.29) is 18.0 Å². The molecule has 1 atom stereocenters. The fraction of sp³-hybridized carbons (Fsp3) is 0.429. The van der Waals surface area contributed by atoms with Crippen molar-refractivity contribution in [3.63, 3.8) is 0 Å². The van der Waals surface area contributed by atoms with Gasteiger partial charge in [0.2, 0.25) is 0 Å². The molecule has 1 aliphatic heterocycles. The third kappa shape index (κ3) is 3.24. The highest BCUT2D eigenvalue weighted by Gasteiger charge is 2.47. The Hall–Kier alpha value is -1.95. The fourth-order valence-electron chi connectivity index (χ4n) is 3.99. The van der Waals surface area contributed by atoms with Crippen LogP contribution in [0.1, 0.15) is 39.8 Å². The monoisotopic (exact) mass is 385 g/mol. The van der Waals surface area contributed by atoms with Crippen molar-refractivity contribution in [1.82, 2.24) is 14.6 Å². The number of hydrogen-bond donors (Lipinski definition) is 0. The molecule has 0 spiro atoms. The number of hydrogen-bond acceptors (Lipinski definition) is 4. The molecule has 1 aromatic carbocycles. The first-order valence-electron chi connectivity index (χ1n) is 9.28. The zero-order valence-corrected chi connectivity index (χ0v) is 16.8. The van der Waals surface area contributed by atoms with Crippen LogP contribution in [0.25, 0.3) is 16.8 Å². The van der Waals surface area contributed by atoms with Crippen molar-refractivity contribution in [3.8, 4) is 11.1 Å². The summed E-state index contributed by atoms with van der Waals surface area (Å²) in [7, 11) is 0. The van der Waals surface area contributed by atoms with E-state index < -0.39 is 0 Å². The minimum Gasteiger partial charge on any atom is -0.323 e. The van der Waals surface area contributed by atoms with E-state index in [1.54, 1.807) is 0 Å². The van der Waals surface area contributed by atoms with Crippen LogP contribution in [0.4, 0.5) is 0 Å². The molecule has 1 aliphatic rings. The maximum atomic E-state index is 6.03. The quantitative estimate of drug-likeness (QED) is 0.615. The lowest BCUT2D eigenvalue weighted by atomic mass is 9.77. The second kappa shape index (κ2) is 6.89. The maximum Gasteiger partial charge on any atom is 0.174 e. The van der Waals surface area contributed by atoms with E-state index in [1.807, 2.05) is 54.2 Å². The average molecular weight is 386 g/mol. The zero-order valence-electron chi connectivity index (χ0n) is 16.0. The van der Waals surface area contributed by atoms with Gasteiger partial charge in [0.1, 0.15) is 0 Å². The van der Waals surface area contributed by atoms with Crippen molar-refractivity contribution in [2.45, 2.75) is 52.1 Å². The van der Waals surface area contributed by atoms with Gasteiger partial charge in [-0.1, -0.05) is 37.6 Å². The molecule has 4 rings (SSSR count). The smallest absolute Gasteiger partial charge is 0.174 e. The molecule has 5 nitrogen and oxygen atoms in total. The standard InChI is InChI=1S/C21H24ClN3O2/c1-13(2)11-21(4,20-26-14(3)27-20)18-9-10-23-19-17(12-24-25(18)19)15-5-7-16(22)8-6-15/h5-10,12-14,20H,11H2,1-4H3. The van der Waals surface area contributed by atoms with Crippen molar-refractivity contribution in [2.75, 3.05) is 0 Å². The summed E-state index contributed by atoms with van der Waals surface area (Å²) in [5.74, 6) is 0.479. The summed E-state index contributed by atoms with van der Waals surface area (Å²) in [5.41, 5.74) is 3.54. The van der Waals surface area contributed by atoms with Crippen LogP contribution in [0.2, 0.25) is 5.02 Å². The number of nitrogens with zero attached hydrogens (tertiary/aromatic N) is 3. The van der Waals surface area contributed by atoms with Crippen LogP contribution in [-0.4, -0.2) is 27.2 Å². The van der Waals surface area contributed by atoms with E-state index in [2.05, 4.69) is 30.9 Å². The number of aromatic nitrogens is 3. The molecule has 0 N–H and O–H groups in total. The van der Waals surface area contributed by atoms with Crippen molar-refractivity contribution >= 4 is 17.2 Å². The van der Waals surface area contributed by atoms with E-state index >= 15 is 0 Å². The molecule has 6 heteroatoms. The molecule has 2 aromatic heterocycles. The van der Waals surface area contributed by atoms with Gasteiger partial charge < -0.3 is 9.47 Å². The topological polar surface area (TPSA) is 48.7 Å². The van der Waals surface area contributed by atoms with Gasteiger partial charge >= 0.3 is 0 Å². The number of benzene rings is 1. The molecule has 27 heavy (non-hydrogen) atoms. The molecule has 1 fully saturated rings. The van der Waals surface area contributed by atoms with Crippen LogP contribution in [-0.2, 0) is 14.9 Å². The predicted octanol–water partition coefficient (Wildman–Crippen LogP) is 5.07. The molecule has 0 saturated carbocycles. The van der Waals surface area contributed by atoms with Gasteiger partial charge in [0.25, 0.3) is 0 Å². The Morgan fingerprint density at radius 1 is 1.19 bits per heavy atom. The molecule has 0 amide bonds. The summed E-state index contributed by atoms with van der Waals surface area (Å²) >= 11 is 6.03. The highest BCUT2D eigenvalue weighted by molar-refractivity contribution is 6.30. The summed E-state index contributed by atoms with van der Waals surface area (Å²) in [6, 6.07) is 9.75. The van der Waals surface area contributed by atoms with Gasteiger partial charge in [0.15, 0.2) is 18.2 Å². The van der Waals surface area contributed by atoms with Crippen molar-refractivity contribution < 1.29 is 9.47 Å². The van der Waals surface area contributed by atoms with E-state index in [0.717, 1.165) is 28.9 Å². The van der Waals surface area contributed by atoms with Crippen molar-refractivity contribution in [3.05, 3.63) is 53.4 Å². The SMILES string of the molecule is CC(C)CC(C)(c1ccnc2c(-c3ccc(Cl)cc3)cnn12)C1OC(C)O1. The Morgan fingerprint density at radius 2 is 1.89 bits per heavy atom. The average Bonchev–Trinajstić information content (AvgIpc) is 3.03. The van der Waals surface area contributed by atoms with Crippen LogP contribution in [0.3, 0.4) is 0 Å². The first-order chi connectivity index (χ1) is 12.9. The number of halogens is 1. The number of ether oxygens (including phenoxy) is 2. The largest absolute Gasteiger partial charge is 0.323 e. The second-order valence-electron chi connectivity index (χ2n) is 7.82. The van der Waals surface area contributed by atoms with Crippen LogP contribution >= 0.6 is 11.6 Å². The second-order valence-corrected chi connectivity index (χ2v) is 8.25. The molecule has 0 radical (unpaired) electrons. The Labute approximate surface area is 164 Å². The lowest BCUT2D eigenvalue weighted by Crippen LogP contribution is -2.53. The minimum atomic E-state index is -0.328. The molecular formula is C21H24ClN3O2. The number of rotatable bonds is 5. The summed E-state index contributed by atoms with van der Waals surface area (Å²) in [6.45, 7) is 8.52. The van der Waals surface area contributed by atoms with Gasteiger partial charge in [-0.2, -0.15) is 5.10 Å². The molecule has 0 bridgehead atoms. The van der Waals surface area contributed by atoms with E-state index in [1.165, 1.54) is 0 Å². The Balaban J connectivity index is 1.82. The van der Waals surface area contributed by atoms with Gasteiger partial charge in [0.05, 0.1) is 17.3 Å². The van der Waals surface area contributed by atoms with Gasteiger partial charge in [-0.05, 0) is 49.9 Å². The van der Waals surface area contributed by atoms with Crippen LogP contribution in [0, 0.1) is 5.92 Å². The highest BCUT2D eigenvalue weighted by atomic mass is 35.5. The van der Waals surface area contributed by atoms with Gasteiger partial charge in [0, 0.05) is 16.8 Å². The molecule has 3 heterocycles. The molecule has 142 valence electrons. The zero-order chi connectivity index (χ0) is 19.2. The summed E-state index contributed by atoms with van der Waals surface area (Å²) in [6.07, 6.45) is 4.16. The van der Waals surface area contributed by atoms with Gasteiger partial charge in [-0.15, -0.1) is 0 Å². The molecular weight excluding hydrogens is 362 g/mol. The lowest BCUT2D eigenvalue weighted by molar-refractivity contribution is -0.398. The normalized spacial score (nSPS) is 22.0. The maximum absolute atomic E-state index is 6.03. The molecule has 1 saturated heterocycles. The van der Waals surface area contributed by atoms with E-state index in [4.69, 9.17) is 21.1 Å². The minimum absolute atomic E-state index is 0.166. The van der Waals surface area contributed by atoms with E-state index in [9.17, 15) is 0 Å². The highest BCUT2D eigenvalue weighted by Crippen LogP contribution is 2.41. The first kappa shape index (κ1) is 18.4. The van der Waals surface area contributed by atoms with Crippen molar-refractivity contribution in [2.24, 2.45) is 5.92 Å². The molecule has 1 unspecified atom stereocenters. The number of fused-ring (bicyclic) bond motifs is 1. The fourth-order valence-corrected chi connectivity index (χ4v) is 4.11. The summed E-state index contributed by atoms with van der Waals surface area (Å²) < 4.78 is 13.7. The van der Waals surface area contributed by atoms with Crippen molar-refractivity contribution in [1.29, 1.82) is 0 Å². The molecule has 0 aliphatic carbocycles. The summed E-state index contributed by atoms with van der Waals surface area (Å²) in [4.78, 5) is 4.60. The lowest BCUT2D eigenvalue weighted by Gasteiger charge is -2.46. The van der Waals surface area contributed by atoms with E-state index in [0.29, 0.717) is 10.9 Å². The first-order valence-corrected chi connectivity index (χ1v) is 9.66. The van der Waals surface area contributed by atoms with Gasteiger partial charge in [-0.3, -0.25) is 0 Å². The van der Waals surface area contributed by atoms with Gasteiger partial charge in [-0.25, -0.2) is 9.50 Å². The van der Waals surface area contributed by atoms with Crippen LogP contribution < -0.4 is 0 Å². The third-order valence-electron chi connectivity index (χ3n) is 5.12. The third-order valence-corrected chi connectivity index (χ3v) is 5.38.